The summed E-state index contributed by atoms with van der Waals surface area (Å²) in [5, 5.41) is 26.5. The van der Waals surface area contributed by atoms with Crippen LogP contribution in [0, 0.1) is 5.92 Å². The molecule has 9 N–H and O–H groups in total. The number of aliphatic hydroxyl groups is 1. The molecule has 0 heterocycles. The fourth-order valence-electron chi connectivity index (χ4n) is 3.39. The molecule has 196 valence electrons. The third-order valence-electron chi connectivity index (χ3n) is 5.80. The van der Waals surface area contributed by atoms with Crippen LogP contribution in [0.2, 0.25) is 0 Å². The van der Waals surface area contributed by atoms with Gasteiger partial charge in [-0.25, -0.2) is 4.79 Å². The zero-order valence-electron chi connectivity index (χ0n) is 20.4. The summed E-state index contributed by atoms with van der Waals surface area (Å²) >= 11 is 0. The average Bonchev–Trinajstić information content (AvgIpc) is 2.85. The van der Waals surface area contributed by atoms with Crippen molar-refractivity contribution in [3.8, 4) is 0 Å². The maximum atomic E-state index is 13.1. The summed E-state index contributed by atoms with van der Waals surface area (Å²) in [5.41, 5.74) is 11.8. The number of rotatable bonds is 16. The van der Waals surface area contributed by atoms with E-state index in [0.717, 1.165) is 5.56 Å². The summed E-state index contributed by atoms with van der Waals surface area (Å²) in [7, 11) is 0. The van der Waals surface area contributed by atoms with Gasteiger partial charge in [-0.1, -0.05) is 50.6 Å². The van der Waals surface area contributed by atoms with Gasteiger partial charge in [0.05, 0.1) is 6.61 Å². The number of nitrogens with one attached hydrogen (secondary N) is 3. The summed E-state index contributed by atoms with van der Waals surface area (Å²) in [4.78, 5) is 50.2. The van der Waals surface area contributed by atoms with E-state index in [4.69, 9.17) is 16.6 Å². The van der Waals surface area contributed by atoms with Gasteiger partial charge in [0.25, 0.3) is 0 Å². The number of hydrogen-bond donors (Lipinski definition) is 7. The summed E-state index contributed by atoms with van der Waals surface area (Å²) in [6.45, 7) is 3.44. The first-order chi connectivity index (χ1) is 16.6. The van der Waals surface area contributed by atoms with E-state index in [2.05, 4.69) is 16.0 Å². The van der Waals surface area contributed by atoms with E-state index in [-0.39, 0.29) is 18.8 Å². The molecule has 0 saturated carbocycles. The highest BCUT2D eigenvalue weighted by molar-refractivity contribution is 5.94. The molecular formula is C24H39N5O6. The van der Waals surface area contributed by atoms with Crippen molar-refractivity contribution in [3.63, 3.8) is 0 Å². The molecule has 5 unspecified atom stereocenters. The molecule has 0 aliphatic rings. The first-order valence-corrected chi connectivity index (χ1v) is 11.9. The Hall–Kier alpha value is -3.02. The zero-order valence-corrected chi connectivity index (χ0v) is 20.4. The normalized spacial score (nSPS) is 15.2. The van der Waals surface area contributed by atoms with E-state index >= 15 is 0 Å². The Morgan fingerprint density at radius 2 is 1.57 bits per heavy atom. The topological polar surface area (TPSA) is 197 Å². The number of aliphatic carboxylic acids is 1. The Balaban J connectivity index is 3.00. The molecule has 0 bridgehead atoms. The molecule has 5 atom stereocenters. The number of amides is 3. The van der Waals surface area contributed by atoms with Crippen LogP contribution < -0.4 is 27.4 Å². The van der Waals surface area contributed by atoms with Gasteiger partial charge in [0.15, 0.2) is 0 Å². The van der Waals surface area contributed by atoms with Crippen molar-refractivity contribution in [3.05, 3.63) is 35.9 Å². The van der Waals surface area contributed by atoms with Crippen LogP contribution in [0.25, 0.3) is 0 Å². The van der Waals surface area contributed by atoms with Gasteiger partial charge >= 0.3 is 5.97 Å². The predicted octanol–water partition coefficient (Wildman–Crippen LogP) is -0.737. The Morgan fingerprint density at radius 3 is 2.11 bits per heavy atom. The summed E-state index contributed by atoms with van der Waals surface area (Å²) in [6.07, 6.45) is 2.05. The molecule has 0 aromatic heterocycles. The van der Waals surface area contributed by atoms with Gasteiger partial charge in [-0.15, -0.1) is 0 Å². The largest absolute Gasteiger partial charge is 0.480 e. The lowest BCUT2D eigenvalue weighted by Gasteiger charge is -2.28. The molecule has 1 aromatic carbocycles. The second-order valence-electron chi connectivity index (χ2n) is 8.60. The van der Waals surface area contributed by atoms with Crippen LogP contribution in [-0.4, -0.2) is 71.2 Å². The minimum Gasteiger partial charge on any atom is -0.480 e. The maximum absolute atomic E-state index is 13.1. The molecule has 0 radical (unpaired) electrons. The zero-order chi connectivity index (χ0) is 26.4. The molecular weight excluding hydrogens is 454 g/mol. The van der Waals surface area contributed by atoms with E-state index in [1.807, 2.05) is 13.0 Å². The second kappa shape index (κ2) is 15.8. The number of nitrogens with two attached hydrogens (primary N) is 2. The maximum Gasteiger partial charge on any atom is 0.326 e. The standard InChI is InChI=1S/C24H39N5O6/c1-3-15(2)20(23(33)28-19(24(34)35)13-16-9-5-4-6-10-16)29-22(32)18(11-7-8-12-25)27-21(31)17(26)14-30/h4-6,9-10,15,17-20,30H,3,7-8,11-14,25-26H2,1-2H3,(H,27,31)(H,28,33)(H,29,32)(H,34,35). The lowest BCUT2D eigenvalue weighted by atomic mass is 9.96. The quantitative estimate of drug-likeness (QED) is 0.146. The molecule has 11 nitrogen and oxygen atoms in total. The molecule has 0 aliphatic carbocycles. The minimum atomic E-state index is -1.19. The van der Waals surface area contributed by atoms with Crippen molar-refractivity contribution in [2.75, 3.05) is 13.2 Å². The van der Waals surface area contributed by atoms with Crippen molar-refractivity contribution < 1.29 is 29.4 Å². The number of carbonyl (C=O) groups excluding carboxylic acids is 3. The fourth-order valence-corrected chi connectivity index (χ4v) is 3.39. The summed E-state index contributed by atoms with van der Waals surface area (Å²) < 4.78 is 0. The van der Waals surface area contributed by atoms with Gasteiger partial charge < -0.3 is 37.6 Å². The van der Waals surface area contributed by atoms with Gasteiger partial charge in [-0.3, -0.25) is 14.4 Å². The van der Waals surface area contributed by atoms with Gasteiger partial charge in [0.1, 0.15) is 24.2 Å². The molecule has 3 amide bonds. The minimum absolute atomic E-state index is 0.0832. The molecule has 0 saturated heterocycles. The van der Waals surface area contributed by atoms with Crippen molar-refractivity contribution >= 4 is 23.7 Å². The van der Waals surface area contributed by atoms with E-state index in [1.165, 1.54) is 0 Å². The second-order valence-corrected chi connectivity index (χ2v) is 8.60. The molecule has 0 aliphatic heterocycles. The van der Waals surface area contributed by atoms with Crippen LogP contribution in [0.1, 0.15) is 45.1 Å². The Labute approximate surface area is 206 Å². The van der Waals surface area contributed by atoms with Crippen molar-refractivity contribution in [1.29, 1.82) is 0 Å². The van der Waals surface area contributed by atoms with E-state index in [9.17, 15) is 24.3 Å². The number of carbonyl (C=O) groups is 4. The van der Waals surface area contributed by atoms with Crippen LogP contribution in [0.4, 0.5) is 0 Å². The molecule has 0 spiro atoms. The first-order valence-electron chi connectivity index (χ1n) is 11.9. The lowest BCUT2D eigenvalue weighted by Crippen LogP contribution is -2.59. The van der Waals surface area contributed by atoms with E-state index in [1.54, 1.807) is 31.2 Å². The fraction of sp³-hybridized carbons (Fsp3) is 0.583. The predicted molar refractivity (Wildman–Crippen MR) is 131 cm³/mol. The highest BCUT2D eigenvalue weighted by Crippen LogP contribution is 2.11. The average molecular weight is 494 g/mol. The number of carboxylic acid groups (broad SMARTS) is 1. The number of benzene rings is 1. The molecule has 1 rings (SSSR count). The number of aliphatic hydroxyl groups excluding tert-OH is 1. The highest BCUT2D eigenvalue weighted by atomic mass is 16.4. The van der Waals surface area contributed by atoms with Crippen LogP contribution in [0.5, 0.6) is 0 Å². The number of hydrogen-bond acceptors (Lipinski definition) is 7. The Kier molecular flexibility index (Phi) is 13.5. The molecule has 0 fully saturated rings. The van der Waals surface area contributed by atoms with Gasteiger partial charge in [-0.05, 0) is 37.3 Å². The molecule has 11 heteroatoms. The van der Waals surface area contributed by atoms with Crippen LogP contribution in [-0.2, 0) is 25.6 Å². The summed E-state index contributed by atoms with van der Waals surface area (Å²) in [5.74, 6) is -3.43. The third kappa shape index (κ3) is 10.4. The smallest absolute Gasteiger partial charge is 0.326 e. The summed E-state index contributed by atoms with van der Waals surface area (Å²) in [6, 6.07) is 4.50. The Morgan fingerprint density at radius 1 is 0.943 bits per heavy atom. The van der Waals surface area contributed by atoms with Crippen LogP contribution in [0.3, 0.4) is 0 Å². The SMILES string of the molecule is CCC(C)C(NC(=O)C(CCCCN)NC(=O)C(N)CO)C(=O)NC(Cc1ccccc1)C(=O)O. The van der Waals surface area contributed by atoms with Gasteiger partial charge in [-0.2, -0.15) is 0 Å². The van der Waals surface area contributed by atoms with E-state index < -0.39 is 54.5 Å². The first kappa shape index (κ1) is 30.0. The Bertz CT molecular complexity index is 822. The van der Waals surface area contributed by atoms with Crippen molar-refractivity contribution in [1.82, 2.24) is 16.0 Å². The third-order valence-corrected chi connectivity index (χ3v) is 5.80. The van der Waals surface area contributed by atoms with Crippen LogP contribution in [0.15, 0.2) is 30.3 Å². The highest BCUT2D eigenvalue weighted by Gasteiger charge is 2.32. The monoisotopic (exact) mass is 493 g/mol. The molecule has 1 aromatic rings. The van der Waals surface area contributed by atoms with Crippen LogP contribution >= 0.6 is 0 Å². The number of carboxylic acids is 1. The lowest BCUT2D eigenvalue weighted by molar-refractivity contribution is -0.142. The molecule has 35 heavy (non-hydrogen) atoms. The van der Waals surface area contributed by atoms with Gasteiger partial charge in [0, 0.05) is 6.42 Å². The van der Waals surface area contributed by atoms with Gasteiger partial charge in [0.2, 0.25) is 17.7 Å². The number of unbranched alkanes of at least 4 members (excludes halogenated alkanes) is 1. The van der Waals surface area contributed by atoms with Crippen molar-refractivity contribution in [2.24, 2.45) is 17.4 Å². The van der Waals surface area contributed by atoms with E-state index in [0.29, 0.717) is 25.8 Å². The van der Waals surface area contributed by atoms with Crippen molar-refractivity contribution in [2.45, 2.75) is 70.1 Å².